The molecule has 1 aliphatic carbocycles. The summed E-state index contributed by atoms with van der Waals surface area (Å²) >= 11 is 0. The molecule has 6 heteroatoms. The van der Waals surface area contributed by atoms with Crippen LogP contribution in [0.1, 0.15) is 29.3 Å². The Morgan fingerprint density at radius 2 is 1.49 bits per heavy atom. The minimum Gasteiger partial charge on any atom is -0.497 e. The SMILES string of the molecule is COc1ccc(C2(c3ccc(OC(C)=O)cc3)c3ccccc3-c3nc4ncccc4nc32)cc1. The van der Waals surface area contributed by atoms with Crippen molar-refractivity contribution < 1.29 is 14.3 Å². The van der Waals surface area contributed by atoms with Crippen molar-refractivity contribution in [3.05, 3.63) is 114 Å². The summed E-state index contributed by atoms with van der Waals surface area (Å²) in [6.07, 6.45) is 1.73. The van der Waals surface area contributed by atoms with E-state index in [-0.39, 0.29) is 5.97 Å². The predicted octanol–water partition coefficient (Wildman–Crippen LogP) is 5.32. The van der Waals surface area contributed by atoms with E-state index in [1.54, 1.807) is 13.3 Å². The second kappa shape index (κ2) is 8.02. The summed E-state index contributed by atoms with van der Waals surface area (Å²) in [7, 11) is 1.66. The van der Waals surface area contributed by atoms with Gasteiger partial charge in [0, 0.05) is 18.7 Å². The van der Waals surface area contributed by atoms with Crippen LogP contribution >= 0.6 is 0 Å². The fourth-order valence-corrected chi connectivity index (χ4v) is 5.02. The lowest BCUT2D eigenvalue weighted by Gasteiger charge is -2.32. The van der Waals surface area contributed by atoms with Crippen LogP contribution in [0.2, 0.25) is 0 Å². The molecule has 0 spiro atoms. The van der Waals surface area contributed by atoms with Crippen molar-refractivity contribution in [3.63, 3.8) is 0 Å². The molecular weight excluding hydrogens is 438 g/mol. The van der Waals surface area contributed by atoms with E-state index in [1.165, 1.54) is 6.92 Å². The molecule has 170 valence electrons. The molecule has 2 heterocycles. The summed E-state index contributed by atoms with van der Waals surface area (Å²) < 4.78 is 10.7. The Morgan fingerprint density at radius 3 is 2.17 bits per heavy atom. The average Bonchev–Trinajstić information content (AvgIpc) is 3.18. The molecule has 6 nitrogen and oxygen atoms in total. The Hall–Kier alpha value is -4.58. The standard InChI is InChI=1S/C29H21N3O3/c1-18(33)35-22-15-11-20(12-16-22)29(19-9-13-21(34-2)14-10-19)24-7-4-3-6-23(24)26-27(29)31-25-8-5-17-30-28(25)32-26/h3-17H,1-2H3. The van der Waals surface area contributed by atoms with Gasteiger partial charge in [-0.3, -0.25) is 4.79 Å². The molecule has 1 aliphatic rings. The smallest absolute Gasteiger partial charge is 0.308 e. The molecule has 0 N–H and O–H groups in total. The van der Waals surface area contributed by atoms with Gasteiger partial charge < -0.3 is 9.47 Å². The Bertz CT molecular complexity index is 1580. The van der Waals surface area contributed by atoms with Crippen LogP contribution in [0.15, 0.2) is 91.1 Å². The molecule has 0 saturated carbocycles. The molecular formula is C29H21N3O3. The number of benzene rings is 3. The van der Waals surface area contributed by atoms with E-state index in [4.69, 9.17) is 19.4 Å². The van der Waals surface area contributed by atoms with Gasteiger partial charge in [-0.2, -0.15) is 0 Å². The van der Waals surface area contributed by atoms with E-state index in [9.17, 15) is 4.79 Å². The van der Waals surface area contributed by atoms with E-state index >= 15 is 0 Å². The van der Waals surface area contributed by atoms with Crippen LogP contribution in [0.3, 0.4) is 0 Å². The highest BCUT2D eigenvalue weighted by Gasteiger charge is 2.48. The molecule has 6 rings (SSSR count). The first-order valence-corrected chi connectivity index (χ1v) is 11.3. The fraction of sp³-hybridized carbons (Fsp3) is 0.103. The molecule has 0 bridgehead atoms. The van der Waals surface area contributed by atoms with Gasteiger partial charge in [0.2, 0.25) is 0 Å². The van der Waals surface area contributed by atoms with E-state index < -0.39 is 5.41 Å². The van der Waals surface area contributed by atoms with Crippen molar-refractivity contribution in [2.75, 3.05) is 7.11 Å². The number of hydrogen-bond acceptors (Lipinski definition) is 6. The minimum absolute atomic E-state index is 0.357. The van der Waals surface area contributed by atoms with E-state index in [2.05, 4.69) is 29.2 Å². The monoisotopic (exact) mass is 459 g/mol. The number of esters is 1. The summed E-state index contributed by atoms with van der Waals surface area (Å²) in [5.41, 5.74) is 6.37. The largest absolute Gasteiger partial charge is 0.497 e. The summed E-state index contributed by atoms with van der Waals surface area (Å²) in [5, 5.41) is 0. The van der Waals surface area contributed by atoms with Crippen molar-refractivity contribution in [1.82, 2.24) is 15.0 Å². The van der Waals surface area contributed by atoms with Gasteiger partial charge in [-0.05, 0) is 53.1 Å². The van der Waals surface area contributed by atoms with Crippen molar-refractivity contribution in [2.45, 2.75) is 12.3 Å². The van der Waals surface area contributed by atoms with Gasteiger partial charge in [0.25, 0.3) is 0 Å². The first kappa shape index (κ1) is 21.0. The third-order valence-electron chi connectivity index (χ3n) is 6.45. The Kier molecular flexibility index (Phi) is 4.81. The quantitative estimate of drug-likeness (QED) is 0.262. The predicted molar refractivity (Wildman–Crippen MR) is 132 cm³/mol. The second-order valence-corrected chi connectivity index (χ2v) is 8.41. The maximum Gasteiger partial charge on any atom is 0.308 e. The molecule has 2 aromatic heterocycles. The normalized spacial score (nSPS) is 15.9. The zero-order chi connectivity index (χ0) is 24.0. The second-order valence-electron chi connectivity index (χ2n) is 8.41. The summed E-state index contributed by atoms with van der Waals surface area (Å²) in [4.78, 5) is 26.1. The van der Waals surface area contributed by atoms with Gasteiger partial charge in [0.15, 0.2) is 5.65 Å². The maximum atomic E-state index is 11.5. The first-order chi connectivity index (χ1) is 17.1. The maximum absolute atomic E-state index is 11.5. The molecule has 3 aromatic carbocycles. The van der Waals surface area contributed by atoms with Crippen LogP contribution in [0.25, 0.3) is 22.4 Å². The van der Waals surface area contributed by atoms with Crippen LogP contribution in [-0.4, -0.2) is 28.0 Å². The molecule has 0 radical (unpaired) electrons. The number of ether oxygens (including phenoxy) is 2. The third-order valence-corrected chi connectivity index (χ3v) is 6.45. The highest BCUT2D eigenvalue weighted by molar-refractivity contribution is 5.86. The van der Waals surface area contributed by atoms with E-state index in [0.717, 1.165) is 44.9 Å². The van der Waals surface area contributed by atoms with Crippen LogP contribution in [0.4, 0.5) is 0 Å². The number of aromatic nitrogens is 3. The topological polar surface area (TPSA) is 74.2 Å². The number of carbonyl (C=O) groups excluding carboxylic acids is 1. The van der Waals surface area contributed by atoms with Crippen molar-refractivity contribution in [1.29, 1.82) is 0 Å². The Morgan fingerprint density at radius 1 is 0.800 bits per heavy atom. The van der Waals surface area contributed by atoms with Gasteiger partial charge >= 0.3 is 5.97 Å². The highest BCUT2D eigenvalue weighted by atomic mass is 16.5. The van der Waals surface area contributed by atoms with Crippen LogP contribution in [-0.2, 0) is 10.2 Å². The number of fused-ring (bicyclic) bond motifs is 4. The van der Waals surface area contributed by atoms with Crippen molar-refractivity contribution >= 4 is 17.1 Å². The van der Waals surface area contributed by atoms with Gasteiger partial charge in [-0.15, -0.1) is 0 Å². The van der Waals surface area contributed by atoms with Gasteiger partial charge in [0.1, 0.15) is 17.0 Å². The Labute approximate surface area is 202 Å². The van der Waals surface area contributed by atoms with Crippen molar-refractivity contribution in [2.24, 2.45) is 0 Å². The summed E-state index contributed by atoms with van der Waals surface area (Å²) in [5.74, 6) is 0.907. The van der Waals surface area contributed by atoms with Crippen LogP contribution < -0.4 is 9.47 Å². The molecule has 35 heavy (non-hydrogen) atoms. The number of hydrogen-bond donors (Lipinski definition) is 0. The summed E-state index contributed by atoms with van der Waals surface area (Å²) in [6, 6.07) is 27.7. The first-order valence-electron chi connectivity index (χ1n) is 11.3. The lowest BCUT2D eigenvalue weighted by atomic mass is 9.69. The molecule has 0 amide bonds. The molecule has 0 aliphatic heterocycles. The average molecular weight is 460 g/mol. The molecule has 5 aromatic rings. The minimum atomic E-state index is -0.732. The fourth-order valence-electron chi connectivity index (χ4n) is 5.02. The zero-order valence-electron chi connectivity index (χ0n) is 19.2. The van der Waals surface area contributed by atoms with Crippen molar-refractivity contribution in [3.8, 4) is 22.8 Å². The lowest BCUT2D eigenvalue weighted by molar-refractivity contribution is -0.131. The van der Waals surface area contributed by atoms with Crippen LogP contribution in [0, 0.1) is 0 Å². The molecule has 0 saturated heterocycles. The van der Waals surface area contributed by atoms with Crippen LogP contribution in [0.5, 0.6) is 11.5 Å². The summed E-state index contributed by atoms with van der Waals surface area (Å²) in [6.45, 7) is 1.39. The van der Waals surface area contributed by atoms with E-state index in [1.807, 2.05) is 60.7 Å². The van der Waals surface area contributed by atoms with Gasteiger partial charge in [-0.25, -0.2) is 15.0 Å². The Balaban J connectivity index is 1.70. The number of methoxy groups -OCH3 is 1. The third kappa shape index (κ3) is 3.18. The van der Waals surface area contributed by atoms with E-state index in [0.29, 0.717) is 11.4 Å². The lowest BCUT2D eigenvalue weighted by Crippen LogP contribution is -2.29. The molecule has 1 unspecified atom stereocenters. The van der Waals surface area contributed by atoms with Gasteiger partial charge in [-0.1, -0.05) is 48.5 Å². The zero-order valence-corrected chi connectivity index (χ0v) is 19.2. The number of nitrogens with zero attached hydrogens (tertiary/aromatic N) is 3. The molecule has 0 fully saturated rings. The molecule has 1 atom stereocenters. The number of pyridine rings is 1. The number of rotatable bonds is 4. The van der Waals surface area contributed by atoms with Gasteiger partial charge in [0.05, 0.1) is 23.9 Å². The number of carbonyl (C=O) groups is 1. The highest BCUT2D eigenvalue weighted by Crippen LogP contribution is 2.55.